The molecule has 1 N–H and O–H groups in total. The number of ether oxygens (including phenoxy) is 2. The third kappa shape index (κ3) is 5.20. The summed E-state index contributed by atoms with van der Waals surface area (Å²) in [5, 5.41) is 8.35. The number of hydrazone groups is 1. The Labute approximate surface area is 178 Å². The van der Waals surface area contributed by atoms with Gasteiger partial charge in [0.1, 0.15) is 11.5 Å². The minimum atomic E-state index is -3.23. The number of hydrogen-bond donors (Lipinski definition) is 1. The summed E-state index contributed by atoms with van der Waals surface area (Å²) in [6.45, 7) is -4.46. The Kier molecular flexibility index (Phi) is 7.03. The number of rotatable bonds is 8. The van der Waals surface area contributed by atoms with Crippen LogP contribution in [0.5, 0.6) is 11.5 Å². The van der Waals surface area contributed by atoms with Gasteiger partial charge < -0.3 is 9.47 Å². The average molecular weight is 452 g/mol. The van der Waals surface area contributed by atoms with Crippen LogP contribution in [0.4, 0.5) is 17.6 Å². The molecule has 0 atom stereocenters. The van der Waals surface area contributed by atoms with Crippen molar-refractivity contribution in [2.24, 2.45) is 5.10 Å². The second-order valence-corrected chi connectivity index (χ2v) is 6.17. The first-order valence-corrected chi connectivity index (χ1v) is 9.17. The molecule has 0 bridgehead atoms. The van der Waals surface area contributed by atoms with Gasteiger partial charge in [0, 0.05) is 23.6 Å². The third-order valence-electron chi connectivity index (χ3n) is 4.18. The lowest BCUT2D eigenvalue weighted by Gasteiger charge is -2.11. The van der Waals surface area contributed by atoms with Gasteiger partial charge in [-0.15, -0.1) is 0 Å². The number of amides is 1. The van der Waals surface area contributed by atoms with Crippen LogP contribution in [-0.2, 0) is 6.54 Å². The van der Waals surface area contributed by atoms with Crippen molar-refractivity contribution in [3.8, 4) is 11.5 Å². The Morgan fingerprint density at radius 3 is 2.47 bits per heavy atom. The second-order valence-electron chi connectivity index (χ2n) is 6.17. The van der Waals surface area contributed by atoms with E-state index in [2.05, 4.69) is 25.1 Å². The molecule has 3 aromatic rings. The van der Waals surface area contributed by atoms with E-state index in [4.69, 9.17) is 0 Å². The molecule has 0 saturated carbocycles. The Hall–Kier alpha value is -3.96. The van der Waals surface area contributed by atoms with Gasteiger partial charge >= 0.3 is 13.2 Å². The van der Waals surface area contributed by atoms with E-state index in [9.17, 15) is 27.2 Å². The lowest BCUT2D eigenvalue weighted by Crippen LogP contribution is -2.28. The number of fused-ring (bicyclic) bond motifs is 1. The minimum absolute atomic E-state index is 0.0384. The standard InChI is InChI=1S/C20H16F4N4O4/c1-2-28-18(30)14-6-4-3-5-13(14)16(27-28)17(29)26-25-10-11-7-8-12(31-19(21)22)9-15(11)32-20(23)24/h3-10,19-20H,2H2,1H3,(H,26,29)/b25-10+. The number of halogens is 4. The van der Waals surface area contributed by atoms with Gasteiger partial charge in [-0.25, -0.2) is 10.1 Å². The van der Waals surface area contributed by atoms with Gasteiger partial charge in [0.2, 0.25) is 0 Å². The van der Waals surface area contributed by atoms with Gasteiger partial charge in [0.15, 0.2) is 5.69 Å². The van der Waals surface area contributed by atoms with Crippen molar-refractivity contribution in [1.82, 2.24) is 15.2 Å². The average Bonchev–Trinajstić information content (AvgIpc) is 2.75. The zero-order valence-electron chi connectivity index (χ0n) is 16.5. The first-order chi connectivity index (χ1) is 15.3. The van der Waals surface area contributed by atoms with Crippen LogP contribution in [-0.4, -0.2) is 35.1 Å². The third-order valence-corrected chi connectivity index (χ3v) is 4.18. The lowest BCUT2D eigenvalue weighted by molar-refractivity contribution is -0.0543. The number of benzene rings is 2. The maximum Gasteiger partial charge on any atom is 0.387 e. The number of nitrogens with zero attached hydrogens (tertiary/aromatic N) is 3. The largest absolute Gasteiger partial charge is 0.435 e. The molecule has 1 amide bonds. The van der Waals surface area contributed by atoms with Crippen molar-refractivity contribution in [2.75, 3.05) is 0 Å². The van der Waals surface area contributed by atoms with Gasteiger partial charge in [-0.3, -0.25) is 9.59 Å². The van der Waals surface area contributed by atoms with E-state index < -0.39 is 30.6 Å². The van der Waals surface area contributed by atoms with Gasteiger partial charge in [0.25, 0.3) is 11.5 Å². The number of aryl methyl sites for hydroxylation is 1. The van der Waals surface area contributed by atoms with Crippen LogP contribution in [0.15, 0.2) is 52.4 Å². The van der Waals surface area contributed by atoms with Crippen LogP contribution in [0.3, 0.4) is 0 Å². The second kappa shape index (κ2) is 9.90. The molecule has 8 nitrogen and oxygen atoms in total. The molecule has 0 saturated heterocycles. The molecule has 1 aromatic heterocycles. The predicted octanol–water partition coefficient (Wildman–Crippen LogP) is 3.38. The van der Waals surface area contributed by atoms with Crippen LogP contribution in [0.25, 0.3) is 10.8 Å². The Bertz CT molecular complexity index is 1210. The maximum atomic E-state index is 12.7. The Balaban J connectivity index is 1.87. The fraction of sp³-hybridized carbons (Fsp3) is 0.200. The Morgan fingerprint density at radius 2 is 1.81 bits per heavy atom. The molecule has 32 heavy (non-hydrogen) atoms. The molecule has 3 rings (SSSR count). The molecule has 0 aliphatic heterocycles. The molecule has 12 heteroatoms. The van der Waals surface area contributed by atoms with Crippen LogP contribution >= 0.6 is 0 Å². The molecular formula is C20H16F4N4O4. The number of carbonyl (C=O) groups is 1. The minimum Gasteiger partial charge on any atom is -0.435 e. The van der Waals surface area contributed by atoms with E-state index in [0.717, 1.165) is 29.1 Å². The summed E-state index contributed by atoms with van der Waals surface area (Å²) >= 11 is 0. The summed E-state index contributed by atoms with van der Waals surface area (Å²) in [5.41, 5.74) is 1.73. The zero-order valence-corrected chi connectivity index (χ0v) is 16.5. The number of hydrogen-bond acceptors (Lipinski definition) is 6. The fourth-order valence-corrected chi connectivity index (χ4v) is 2.83. The molecule has 0 aliphatic carbocycles. The van der Waals surface area contributed by atoms with E-state index in [-0.39, 0.29) is 23.4 Å². The van der Waals surface area contributed by atoms with Crippen molar-refractivity contribution in [2.45, 2.75) is 26.7 Å². The maximum absolute atomic E-state index is 12.7. The number of carbonyl (C=O) groups excluding carboxylic acids is 1. The van der Waals surface area contributed by atoms with Gasteiger partial charge in [0.05, 0.1) is 11.6 Å². The van der Waals surface area contributed by atoms with E-state index in [0.29, 0.717) is 10.8 Å². The summed E-state index contributed by atoms with van der Waals surface area (Å²) in [6, 6.07) is 9.48. The molecule has 0 unspecified atom stereocenters. The monoisotopic (exact) mass is 452 g/mol. The van der Waals surface area contributed by atoms with Crippen molar-refractivity contribution in [3.05, 3.63) is 64.1 Å². The number of aromatic nitrogens is 2. The topological polar surface area (TPSA) is 94.8 Å². The van der Waals surface area contributed by atoms with Crippen LogP contribution in [0, 0.1) is 0 Å². The smallest absolute Gasteiger partial charge is 0.387 e. The van der Waals surface area contributed by atoms with Gasteiger partial charge in [-0.2, -0.15) is 27.8 Å². The molecule has 0 radical (unpaired) electrons. The highest BCUT2D eigenvalue weighted by Crippen LogP contribution is 2.26. The predicted molar refractivity (Wildman–Crippen MR) is 106 cm³/mol. The van der Waals surface area contributed by atoms with Gasteiger partial charge in [-0.1, -0.05) is 18.2 Å². The van der Waals surface area contributed by atoms with Crippen molar-refractivity contribution >= 4 is 22.9 Å². The quantitative estimate of drug-likeness (QED) is 0.321. The van der Waals surface area contributed by atoms with Crippen molar-refractivity contribution in [1.29, 1.82) is 0 Å². The lowest BCUT2D eigenvalue weighted by atomic mass is 10.1. The van der Waals surface area contributed by atoms with E-state index in [1.165, 1.54) is 0 Å². The van der Waals surface area contributed by atoms with Crippen LogP contribution in [0.1, 0.15) is 23.0 Å². The molecule has 1 heterocycles. The first kappa shape index (κ1) is 22.7. The molecule has 0 aliphatic rings. The van der Waals surface area contributed by atoms with Gasteiger partial charge in [-0.05, 0) is 25.1 Å². The fourth-order valence-electron chi connectivity index (χ4n) is 2.83. The molecule has 2 aromatic carbocycles. The highest BCUT2D eigenvalue weighted by Gasteiger charge is 2.16. The first-order valence-electron chi connectivity index (χ1n) is 9.17. The number of alkyl halides is 4. The highest BCUT2D eigenvalue weighted by atomic mass is 19.3. The van der Waals surface area contributed by atoms with E-state index >= 15 is 0 Å². The molecule has 0 spiro atoms. The van der Waals surface area contributed by atoms with E-state index in [1.54, 1.807) is 31.2 Å². The summed E-state index contributed by atoms with van der Waals surface area (Å²) in [7, 11) is 0. The normalized spacial score (nSPS) is 11.5. The summed E-state index contributed by atoms with van der Waals surface area (Å²) in [5.74, 6) is -1.64. The summed E-state index contributed by atoms with van der Waals surface area (Å²) in [4.78, 5) is 25.0. The summed E-state index contributed by atoms with van der Waals surface area (Å²) < 4.78 is 59.6. The van der Waals surface area contributed by atoms with Crippen molar-refractivity contribution < 1.29 is 31.8 Å². The van der Waals surface area contributed by atoms with Crippen LogP contribution in [0.2, 0.25) is 0 Å². The van der Waals surface area contributed by atoms with Crippen LogP contribution < -0.4 is 20.5 Å². The number of nitrogens with one attached hydrogen (secondary N) is 1. The highest BCUT2D eigenvalue weighted by molar-refractivity contribution is 6.05. The van der Waals surface area contributed by atoms with Crippen molar-refractivity contribution in [3.63, 3.8) is 0 Å². The zero-order chi connectivity index (χ0) is 23.3. The molecule has 168 valence electrons. The summed E-state index contributed by atoms with van der Waals surface area (Å²) in [6.07, 6.45) is 0.986. The molecule has 0 fully saturated rings. The Morgan fingerprint density at radius 1 is 1.12 bits per heavy atom. The molecular weight excluding hydrogens is 436 g/mol. The SMILES string of the molecule is CCn1nc(C(=O)N/N=C/c2ccc(OC(F)F)cc2OC(F)F)c2ccccc2c1=O. The van der Waals surface area contributed by atoms with E-state index in [1.807, 2.05) is 0 Å².